The third-order valence-corrected chi connectivity index (χ3v) is 5.15. The first-order valence-corrected chi connectivity index (χ1v) is 10.7. The van der Waals surface area contributed by atoms with Crippen molar-refractivity contribution >= 4 is 58.4 Å². The van der Waals surface area contributed by atoms with E-state index in [9.17, 15) is 14.4 Å². The van der Waals surface area contributed by atoms with Gasteiger partial charge in [0.1, 0.15) is 6.04 Å². The molecular weight excluding hydrogens is 435 g/mol. The molecule has 0 saturated carbocycles. The molecule has 0 aliphatic heterocycles. The van der Waals surface area contributed by atoms with Gasteiger partial charge < -0.3 is 15.4 Å². The zero-order valence-corrected chi connectivity index (χ0v) is 18.2. The van der Waals surface area contributed by atoms with Gasteiger partial charge in [0.2, 0.25) is 5.91 Å². The minimum Gasteiger partial charge on any atom is -0.465 e. The second kappa shape index (κ2) is 11.1. The van der Waals surface area contributed by atoms with E-state index in [4.69, 9.17) is 23.2 Å². The number of nitrogens with one attached hydrogen (secondary N) is 2. The van der Waals surface area contributed by atoms with Crippen LogP contribution in [0.2, 0.25) is 10.0 Å². The number of halogens is 2. The standard InChI is InChI=1S/C20H20Cl2N2O4S/c1-28-20(27)12-4-3-5-14(10-12)23-19(26)17(8-9-29-2)24-18(25)15-7-6-13(21)11-16(15)22/h3-7,10-11,17H,8-9H2,1-2H3,(H,23,26)(H,24,25). The minimum absolute atomic E-state index is 0.199. The summed E-state index contributed by atoms with van der Waals surface area (Å²) in [6.45, 7) is 0. The summed E-state index contributed by atoms with van der Waals surface area (Å²) in [5, 5.41) is 6.05. The molecule has 2 aromatic carbocycles. The first-order chi connectivity index (χ1) is 13.8. The molecule has 0 aromatic heterocycles. The Kier molecular flexibility index (Phi) is 8.82. The van der Waals surface area contributed by atoms with Crippen molar-refractivity contribution < 1.29 is 19.1 Å². The van der Waals surface area contributed by atoms with Gasteiger partial charge in [-0.3, -0.25) is 9.59 Å². The average Bonchev–Trinajstić information content (AvgIpc) is 2.70. The molecule has 2 aromatic rings. The molecule has 0 radical (unpaired) electrons. The first kappa shape index (κ1) is 23.1. The van der Waals surface area contributed by atoms with Crippen molar-refractivity contribution in [2.24, 2.45) is 0 Å². The van der Waals surface area contributed by atoms with E-state index in [-0.39, 0.29) is 10.6 Å². The lowest BCUT2D eigenvalue weighted by Crippen LogP contribution is -2.44. The van der Waals surface area contributed by atoms with Gasteiger partial charge in [-0.05, 0) is 54.8 Å². The van der Waals surface area contributed by atoms with Crippen LogP contribution in [-0.4, -0.2) is 42.9 Å². The number of ether oxygens (including phenoxy) is 1. The fourth-order valence-corrected chi connectivity index (χ4v) is 3.45. The fourth-order valence-electron chi connectivity index (χ4n) is 2.49. The summed E-state index contributed by atoms with van der Waals surface area (Å²) in [7, 11) is 1.28. The Hall–Kier alpha value is -2.22. The average molecular weight is 455 g/mol. The van der Waals surface area contributed by atoms with Crippen LogP contribution in [0.25, 0.3) is 0 Å². The van der Waals surface area contributed by atoms with Gasteiger partial charge in [0.05, 0.1) is 23.3 Å². The predicted molar refractivity (Wildman–Crippen MR) is 117 cm³/mol. The smallest absolute Gasteiger partial charge is 0.337 e. The summed E-state index contributed by atoms with van der Waals surface area (Å²) in [6, 6.07) is 10.1. The van der Waals surface area contributed by atoms with Gasteiger partial charge in [-0.2, -0.15) is 11.8 Å². The maximum atomic E-state index is 12.8. The van der Waals surface area contributed by atoms with Crippen molar-refractivity contribution in [1.29, 1.82) is 0 Å². The molecule has 1 unspecified atom stereocenters. The minimum atomic E-state index is -0.788. The van der Waals surface area contributed by atoms with Crippen LogP contribution in [0.4, 0.5) is 5.69 Å². The van der Waals surface area contributed by atoms with Gasteiger partial charge in [-0.25, -0.2) is 4.79 Å². The van der Waals surface area contributed by atoms with Gasteiger partial charge in [-0.15, -0.1) is 0 Å². The van der Waals surface area contributed by atoms with Crippen molar-refractivity contribution in [2.75, 3.05) is 24.4 Å². The number of methoxy groups -OCH3 is 1. The van der Waals surface area contributed by atoms with E-state index in [1.54, 1.807) is 36.0 Å². The normalized spacial score (nSPS) is 11.4. The van der Waals surface area contributed by atoms with E-state index >= 15 is 0 Å². The maximum absolute atomic E-state index is 12.8. The second-order valence-corrected chi connectivity index (χ2v) is 7.82. The van der Waals surface area contributed by atoms with Crippen LogP contribution in [-0.2, 0) is 9.53 Å². The molecule has 0 heterocycles. The Labute approximate surface area is 183 Å². The number of rotatable bonds is 8. The summed E-state index contributed by atoms with van der Waals surface area (Å²) in [6.07, 6.45) is 2.33. The molecule has 0 spiro atoms. The van der Waals surface area contributed by atoms with Crippen molar-refractivity contribution in [3.05, 3.63) is 63.6 Å². The molecule has 154 valence electrons. The second-order valence-electron chi connectivity index (χ2n) is 5.99. The largest absolute Gasteiger partial charge is 0.465 e. The van der Waals surface area contributed by atoms with E-state index in [0.29, 0.717) is 28.4 Å². The number of benzene rings is 2. The van der Waals surface area contributed by atoms with E-state index in [1.165, 1.54) is 25.3 Å². The highest BCUT2D eigenvalue weighted by molar-refractivity contribution is 7.98. The van der Waals surface area contributed by atoms with Crippen LogP contribution >= 0.6 is 35.0 Å². The lowest BCUT2D eigenvalue weighted by molar-refractivity contribution is -0.118. The number of esters is 1. The zero-order chi connectivity index (χ0) is 21.4. The van der Waals surface area contributed by atoms with E-state index in [0.717, 1.165) is 0 Å². The lowest BCUT2D eigenvalue weighted by atomic mass is 10.1. The van der Waals surface area contributed by atoms with Gasteiger partial charge in [-0.1, -0.05) is 29.3 Å². The highest BCUT2D eigenvalue weighted by Gasteiger charge is 2.23. The molecule has 6 nitrogen and oxygen atoms in total. The van der Waals surface area contributed by atoms with Crippen LogP contribution in [0.1, 0.15) is 27.1 Å². The van der Waals surface area contributed by atoms with Crippen LogP contribution in [0.3, 0.4) is 0 Å². The summed E-state index contributed by atoms with van der Waals surface area (Å²) < 4.78 is 4.68. The summed E-state index contributed by atoms with van der Waals surface area (Å²) >= 11 is 13.5. The molecule has 2 amide bonds. The Morgan fingerprint density at radius 1 is 1.14 bits per heavy atom. The molecule has 0 bridgehead atoms. The number of amides is 2. The Balaban J connectivity index is 2.15. The molecular formula is C20H20Cl2N2O4S. The summed E-state index contributed by atoms with van der Waals surface area (Å²) in [5.74, 6) is -0.726. The third kappa shape index (κ3) is 6.66. The van der Waals surface area contributed by atoms with E-state index < -0.39 is 23.8 Å². The number of hydrogen-bond acceptors (Lipinski definition) is 5. The molecule has 0 aliphatic carbocycles. The van der Waals surface area contributed by atoms with Crippen LogP contribution < -0.4 is 10.6 Å². The SMILES string of the molecule is COC(=O)c1cccc(NC(=O)C(CCSC)NC(=O)c2ccc(Cl)cc2Cl)c1. The first-order valence-electron chi connectivity index (χ1n) is 8.59. The van der Waals surface area contributed by atoms with Gasteiger partial charge in [0.25, 0.3) is 5.91 Å². The van der Waals surface area contributed by atoms with Crippen molar-refractivity contribution in [3.8, 4) is 0 Å². The third-order valence-electron chi connectivity index (χ3n) is 3.96. The van der Waals surface area contributed by atoms with Gasteiger partial charge in [0.15, 0.2) is 0 Å². The van der Waals surface area contributed by atoms with E-state index in [2.05, 4.69) is 15.4 Å². The molecule has 1 atom stereocenters. The van der Waals surface area contributed by atoms with Crippen molar-refractivity contribution in [1.82, 2.24) is 5.32 Å². The molecule has 0 fully saturated rings. The molecule has 2 N–H and O–H groups in total. The van der Waals surface area contributed by atoms with Crippen LogP contribution in [0, 0.1) is 0 Å². The number of thioether (sulfide) groups is 1. The maximum Gasteiger partial charge on any atom is 0.337 e. The molecule has 9 heteroatoms. The van der Waals surface area contributed by atoms with Gasteiger partial charge in [0, 0.05) is 10.7 Å². The summed E-state index contributed by atoms with van der Waals surface area (Å²) in [5.41, 5.74) is 0.958. The van der Waals surface area contributed by atoms with E-state index in [1.807, 2.05) is 6.26 Å². The van der Waals surface area contributed by atoms with Crippen LogP contribution in [0.5, 0.6) is 0 Å². The quantitative estimate of drug-likeness (QED) is 0.581. The molecule has 0 aliphatic rings. The molecule has 2 rings (SSSR count). The molecule has 29 heavy (non-hydrogen) atoms. The van der Waals surface area contributed by atoms with Gasteiger partial charge >= 0.3 is 5.97 Å². The number of anilines is 1. The molecule has 0 saturated heterocycles. The number of carbonyl (C=O) groups is 3. The topological polar surface area (TPSA) is 84.5 Å². The lowest BCUT2D eigenvalue weighted by Gasteiger charge is -2.19. The van der Waals surface area contributed by atoms with Crippen molar-refractivity contribution in [3.63, 3.8) is 0 Å². The van der Waals surface area contributed by atoms with Crippen molar-refractivity contribution in [2.45, 2.75) is 12.5 Å². The fraction of sp³-hybridized carbons (Fsp3) is 0.250. The number of hydrogen-bond donors (Lipinski definition) is 2. The number of carbonyl (C=O) groups excluding carboxylic acids is 3. The Bertz CT molecular complexity index is 908. The Morgan fingerprint density at radius 3 is 2.55 bits per heavy atom. The highest BCUT2D eigenvalue weighted by atomic mass is 35.5. The Morgan fingerprint density at radius 2 is 1.90 bits per heavy atom. The predicted octanol–water partition coefficient (Wildman–Crippen LogP) is 4.27. The summed E-state index contributed by atoms with van der Waals surface area (Å²) in [4.78, 5) is 37.0. The highest BCUT2D eigenvalue weighted by Crippen LogP contribution is 2.21. The zero-order valence-electron chi connectivity index (χ0n) is 15.8. The van der Waals surface area contributed by atoms with Crippen LogP contribution in [0.15, 0.2) is 42.5 Å². The monoisotopic (exact) mass is 454 g/mol.